The van der Waals surface area contributed by atoms with Crippen molar-refractivity contribution in [3.63, 3.8) is 0 Å². The fourth-order valence-electron chi connectivity index (χ4n) is 3.89. The summed E-state index contributed by atoms with van der Waals surface area (Å²) in [6, 6.07) is 12.2. The first kappa shape index (κ1) is 30.2. The average molecular weight is 532 g/mol. The molecule has 2 amide bonds. The number of carbonyl (C=O) groups excluding carboxylic acids is 2. The molecule has 0 fully saturated rings. The molecule has 1 N–H and O–H groups in total. The second-order valence-corrected chi connectivity index (χ2v) is 11.8. The third kappa shape index (κ3) is 9.07. The number of amides is 2. The predicted octanol–water partition coefficient (Wildman–Crippen LogP) is 4.05. The summed E-state index contributed by atoms with van der Waals surface area (Å²) < 4.78 is 31.7. The largest absolute Gasteiger partial charge is 0.497 e. The second kappa shape index (κ2) is 13.5. The van der Waals surface area contributed by atoms with E-state index < -0.39 is 16.1 Å². The molecule has 0 aliphatic heterocycles. The first-order valence-electron chi connectivity index (χ1n) is 12.6. The molecule has 0 aliphatic carbocycles. The van der Waals surface area contributed by atoms with Gasteiger partial charge in [-0.1, -0.05) is 32.0 Å². The van der Waals surface area contributed by atoms with Gasteiger partial charge in [0.05, 0.1) is 19.1 Å². The molecular formula is C28H41N3O5S. The zero-order valence-corrected chi connectivity index (χ0v) is 23.9. The van der Waals surface area contributed by atoms with Crippen molar-refractivity contribution < 1.29 is 22.7 Å². The van der Waals surface area contributed by atoms with E-state index in [2.05, 4.69) is 5.32 Å². The molecular weight excluding hydrogens is 490 g/mol. The van der Waals surface area contributed by atoms with Crippen LogP contribution in [-0.4, -0.2) is 57.6 Å². The molecule has 0 heterocycles. The highest BCUT2D eigenvalue weighted by Gasteiger charge is 2.27. The standard InChI is InChI=1S/C28H41N3O5S/c1-20(2)18-29-28(33)23(5)30(19-24-10-8-11-26(17-24)36-6)27(32)12-9-15-31(37(7,34)35)25-14-13-21(3)22(4)16-25/h8,10-11,13-14,16-17,20,23H,9,12,15,18-19H2,1-7H3,(H,29,33)/t23-/m1/s1. The van der Waals surface area contributed by atoms with E-state index in [1.54, 1.807) is 25.0 Å². The van der Waals surface area contributed by atoms with Crippen LogP contribution < -0.4 is 14.4 Å². The Balaban J connectivity index is 2.20. The number of benzene rings is 2. The van der Waals surface area contributed by atoms with Gasteiger partial charge in [-0.15, -0.1) is 0 Å². The highest BCUT2D eigenvalue weighted by molar-refractivity contribution is 7.92. The SMILES string of the molecule is COc1cccc(CN(C(=O)CCCN(c2ccc(C)c(C)c2)S(C)(=O)=O)[C@H](C)C(=O)NCC(C)C)c1. The summed E-state index contributed by atoms with van der Waals surface area (Å²) in [7, 11) is -1.96. The Morgan fingerprint density at radius 3 is 2.32 bits per heavy atom. The number of sulfonamides is 1. The van der Waals surface area contributed by atoms with Crippen LogP contribution >= 0.6 is 0 Å². The van der Waals surface area contributed by atoms with Crippen molar-refractivity contribution in [2.75, 3.05) is 30.8 Å². The highest BCUT2D eigenvalue weighted by Crippen LogP contribution is 2.22. The Morgan fingerprint density at radius 1 is 1.03 bits per heavy atom. The van der Waals surface area contributed by atoms with Crippen molar-refractivity contribution in [1.82, 2.24) is 10.2 Å². The molecule has 2 aromatic carbocycles. The van der Waals surface area contributed by atoms with Crippen molar-refractivity contribution in [2.24, 2.45) is 5.92 Å². The van der Waals surface area contributed by atoms with Crippen molar-refractivity contribution in [3.8, 4) is 5.75 Å². The van der Waals surface area contributed by atoms with Crippen LogP contribution in [0.3, 0.4) is 0 Å². The van der Waals surface area contributed by atoms with Crippen LogP contribution in [0.5, 0.6) is 5.75 Å². The van der Waals surface area contributed by atoms with Crippen molar-refractivity contribution in [2.45, 2.75) is 60.0 Å². The molecule has 0 radical (unpaired) electrons. The van der Waals surface area contributed by atoms with Gasteiger partial charge in [0.2, 0.25) is 21.8 Å². The van der Waals surface area contributed by atoms with Crippen LogP contribution in [-0.2, 0) is 26.2 Å². The number of anilines is 1. The maximum atomic E-state index is 13.4. The van der Waals surface area contributed by atoms with Crippen LogP contribution in [0.4, 0.5) is 5.69 Å². The van der Waals surface area contributed by atoms with E-state index in [-0.39, 0.29) is 37.2 Å². The number of aryl methyl sites for hydroxylation is 2. The third-order valence-corrected chi connectivity index (χ3v) is 7.46. The molecule has 2 rings (SSSR count). The molecule has 0 unspecified atom stereocenters. The molecule has 0 bridgehead atoms. The minimum absolute atomic E-state index is 0.0998. The van der Waals surface area contributed by atoms with Crippen LogP contribution in [0.15, 0.2) is 42.5 Å². The van der Waals surface area contributed by atoms with Crippen molar-refractivity contribution in [1.29, 1.82) is 0 Å². The number of carbonyl (C=O) groups is 2. The van der Waals surface area contributed by atoms with Crippen molar-refractivity contribution >= 4 is 27.5 Å². The summed E-state index contributed by atoms with van der Waals surface area (Å²) >= 11 is 0. The van der Waals surface area contributed by atoms with Crippen LogP contribution in [0.25, 0.3) is 0 Å². The molecule has 8 nitrogen and oxygen atoms in total. The molecule has 0 aromatic heterocycles. The van der Waals surface area contributed by atoms with E-state index in [1.165, 1.54) is 10.6 Å². The lowest BCUT2D eigenvalue weighted by atomic mass is 10.1. The predicted molar refractivity (Wildman–Crippen MR) is 148 cm³/mol. The van der Waals surface area contributed by atoms with E-state index in [1.807, 2.05) is 64.1 Å². The van der Waals surface area contributed by atoms with Gasteiger partial charge in [0.25, 0.3) is 0 Å². The Bertz CT molecular complexity index is 1180. The minimum Gasteiger partial charge on any atom is -0.497 e. The normalized spacial score (nSPS) is 12.2. The van der Waals surface area contributed by atoms with E-state index in [9.17, 15) is 18.0 Å². The van der Waals surface area contributed by atoms with E-state index >= 15 is 0 Å². The zero-order chi connectivity index (χ0) is 27.8. The van der Waals surface area contributed by atoms with Crippen LogP contribution in [0.2, 0.25) is 0 Å². The molecule has 204 valence electrons. The van der Waals surface area contributed by atoms with Gasteiger partial charge in [-0.05, 0) is 74.1 Å². The summed E-state index contributed by atoms with van der Waals surface area (Å²) in [5.74, 6) is 0.506. The topological polar surface area (TPSA) is 96.0 Å². The van der Waals surface area contributed by atoms with Gasteiger partial charge in [0.15, 0.2) is 0 Å². The Hall–Kier alpha value is -3.07. The lowest BCUT2D eigenvalue weighted by Gasteiger charge is -2.30. The van der Waals surface area contributed by atoms with Crippen molar-refractivity contribution in [3.05, 3.63) is 59.2 Å². The maximum Gasteiger partial charge on any atom is 0.242 e. The number of methoxy groups -OCH3 is 1. The molecule has 1 atom stereocenters. The third-order valence-electron chi connectivity index (χ3n) is 6.27. The number of ether oxygens (including phenoxy) is 1. The fourth-order valence-corrected chi connectivity index (χ4v) is 4.84. The van der Waals surface area contributed by atoms with E-state index in [0.717, 1.165) is 16.7 Å². The Kier molecular flexibility index (Phi) is 11.0. The van der Waals surface area contributed by atoms with Gasteiger partial charge in [-0.2, -0.15) is 0 Å². The van der Waals surface area contributed by atoms with E-state index in [4.69, 9.17) is 4.74 Å². The summed E-state index contributed by atoms with van der Waals surface area (Å²) in [6.07, 6.45) is 1.58. The molecule has 2 aromatic rings. The lowest BCUT2D eigenvalue weighted by molar-refractivity contribution is -0.140. The first-order chi connectivity index (χ1) is 17.3. The zero-order valence-electron chi connectivity index (χ0n) is 23.1. The summed E-state index contributed by atoms with van der Waals surface area (Å²) in [5.41, 5.74) is 3.48. The van der Waals surface area contributed by atoms with Crippen LogP contribution in [0, 0.1) is 19.8 Å². The Morgan fingerprint density at radius 2 is 1.73 bits per heavy atom. The van der Waals surface area contributed by atoms with Gasteiger partial charge in [-0.25, -0.2) is 8.42 Å². The number of rotatable bonds is 13. The molecule has 37 heavy (non-hydrogen) atoms. The van der Waals surface area contributed by atoms with Gasteiger partial charge in [-0.3, -0.25) is 13.9 Å². The van der Waals surface area contributed by atoms with Gasteiger partial charge >= 0.3 is 0 Å². The van der Waals surface area contributed by atoms with Crippen LogP contribution in [0.1, 0.15) is 50.3 Å². The van der Waals surface area contributed by atoms with Gasteiger partial charge < -0.3 is 15.0 Å². The van der Waals surface area contributed by atoms with E-state index in [0.29, 0.717) is 24.4 Å². The monoisotopic (exact) mass is 531 g/mol. The average Bonchev–Trinajstić information content (AvgIpc) is 2.84. The summed E-state index contributed by atoms with van der Waals surface area (Å²) in [6.45, 7) is 10.5. The molecule has 0 aliphatic rings. The molecule has 0 spiro atoms. The molecule has 0 saturated heterocycles. The highest BCUT2D eigenvalue weighted by atomic mass is 32.2. The smallest absolute Gasteiger partial charge is 0.242 e. The Labute approximate surface area is 222 Å². The fraction of sp³-hybridized carbons (Fsp3) is 0.500. The molecule has 0 saturated carbocycles. The molecule has 9 heteroatoms. The quantitative estimate of drug-likeness (QED) is 0.421. The number of hydrogen-bond donors (Lipinski definition) is 1. The number of nitrogens with one attached hydrogen (secondary N) is 1. The second-order valence-electron chi connectivity index (χ2n) is 9.90. The minimum atomic E-state index is -3.54. The summed E-state index contributed by atoms with van der Waals surface area (Å²) in [4.78, 5) is 27.8. The first-order valence-corrected chi connectivity index (χ1v) is 14.4. The maximum absolute atomic E-state index is 13.4. The number of nitrogens with zero attached hydrogens (tertiary/aromatic N) is 2. The number of hydrogen-bond acceptors (Lipinski definition) is 5. The summed E-state index contributed by atoms with van der Waals surface area (Å²) in [5, 5.41) is 2.91. The lowest BCUT2D eigenvalue weighted by Crippen LogP contribution is -2.48. The van der Waals surface area contributed by atoms with Gasteiger partial charge in [0.1, 0.15) is 11.8 Å². The van der Waals surface area contributed by atoms with Gasteiger partial charge in [0, 0.05) is 26.1 Å².